The molecular weight excluding hydrogens is 465 g/mol. The zero-order valence-corrected chi connectivity index (χ0v) is 20.9. The van der Waals surface area contributed by atoms with Crippen LogP contribution in [0.3, 0.4) is 0 Å². The Labute approximate surface area is 210 Å². The third-order valence-electron chi connectivity index (χ3n) is 6.66. The molecule has 2 aromatic carbocycles. The Morgan fingerprint density at radius 3 is 2.64 bits per heavy atom. The second-order valence-corrected chi connectivity index (χ2v) is 8.83. The van der Waals surface area contributed by atoms with Crippen LogP contribution in [0.5, 0.6) is 11.5 Å². The lowest BCUT2D eigenvalue weighted by molar-refractivity contribution is -0.152. The zero-order chi connectivity index (χ0) is 25.7. The molecule has 0 saturated carbocycles. The summed E-state index contributed by atoms with van der Waals surface area (Å²) in [5, 5.41) is 6.00. The van der Waals surface area contributed by atoms with E-state index in [1.165, 1.54) is 11.1 Å². The number of piperidine rings is 1. The number of hydrogen-bond donors (Lipinski definition) is 0. The number of amides is 1. The molecule has 2 aliphatic heterocycles. The van der Waals surface area contributed by atoms with Gasteiger partial charge in [-0.3, -0.25) is 14.5 Å². The Hall–Kier alpha value is -3.46. The van der Waals surface area contributed by atoms with Crippen molar-refractivity contribution < 1.29 is 28.2 Å². The van der Waals surface area contributed by atoms with E-state index < -0.39 is 17.9 Å². The summed E-state index contributed by atoms with van der Waals surface area (Å²) >= 11 is 0. The molecule has 0 radical (unpaired) electrons. The van der Waals surface area contributed by atoms with Crippen molar-refractivity contribution in [3.05, 3.63) is 59.4 Å². The van der Waals surface area contributed by atoms with Crippen molar-refractivity contribution in [3.63, 3.8) is 0 Å². The minimum atomic E-state index is -0.501. The Bertz CT molecular complexity index is 1140. The van der Waals surface area contributed by atoms with Crippen molar-refractivity contribution in [1.29, 1.82) is 0 Å². The van der Waals surface area contributed by atoms with Crippen molar-refractivity contribution in [2.45, 2.75) is 44.7 Å². The number of halogens is 1. The summed E-state index contributed by atoms with van der Waals surface area (Å²) in [5.41, 5.74) is 1.57. The number of likely N-dealkylation sites (tertiary alicyclic amines) is 1. The maximum atomic E-state index is 14.6. The molecular formula is C27H32FN3O5. The average molecular weight is 498 g/mol. The zero-order valence-electron chi connectivity index (χ0n) is 20.9. The first-order chi connectivity index (χ1) is 17.5. The molecule has 0 aromatic heterocycles. The van der Waals surface area contributed by atoms with Crippen LogP contribution >= 0.6 is 0 Å². The molecule has 1 saturated heterocycles. The minimum Gasteiger partial charge on any atom is -0.497 e. The topological polar surface area (TPSA) is 80.7 Å². The smallest absolute Gasteiger partial charge is 0.323 e. The number of benzene rings is 2. The van der Waals surface area contributed by atoms with E-state index >= 15 is 0 Å². The number of carbonyl (C=O) groups excluding carboxylic acids is 2. The monoisotopic (exact) mass is 497 g/mol. The van der Waals surface area contributed by atoms with Crippen LogP contribution in [0.15, 0.2) is 47.6 Å². The molecule has 192 valence electrons. The maximum Gasteiger partial charge on any atom is 0.323 e. The predicted octanol–water partition coefficient (Wildman–Crippen LogP) is 3.94. The standard InChI is InChI=1S/C27H32FN3O5/c1-4-36-27(33)23-11-7-8-14-30(23)17-26(32)31-24(20-13-12-18(34-2)15-25(20)35-3)16-22(29-31)19-9-5-6-10-21(19)28/h5-6,9-10,12-13,15,23-24H,4,7-8,11,14,16-17H2,1-3H3/t23-,24-/m0/s1. The van der Waals surface area contributed by atoms with Crippen molar-refractivity contribution in [2.75, 3.05) is 33.9 Å². The third-order valence-corrected chi connectivity index (χ3v) is 6.66. The second kappa shape index (κ2) is 11.5. The summed E-state index contributed by atoms with van der Waals surface area (Å²) in [5.74, 6) is 0.178. The van der Waals surface area contributed by atoms with Crippen molar-refractivity contribution in [3.8, 4) is 11.5 Å². The molecule has 2 aromatic rings. The maximum absolute atomic E-state index is 14.6. The molecule has 2 aliphatic rings. The third kappa shape index (κ3) is 5.36. The number of hydrogen-bond acceptors (Lipinski definition) is 7. The summed E-state index contributed by atoms with van der Waals surface area (Å²) in [6.45, 7) is 2.68. The fraction of sp³-hybridized carbons (Fsp3) is 0.444. The van der Waals surface area contributed by atoms with Gasteiger partial charge in [-0.05, 0) is 44.5 Å². The van der Waals surface area contributed by atoms with Gasteiger partial charge in [-0.15, -0.1) is 0 Å². The van der Waals surface area contributed by atoms with E-state index in [0.717, 1.165) is 18.4 Å². The highest BCUT2D eigenvalue weighted by molar-refractivity contribution is 6.03. The normalized spacial score (nSPS) is 20.1. The highest BCUT2D eigenvalue weighted by atomic mass is 19.1. The first-order valence-electron chi connectivity index (χ1n) is 12.2. The van der Waals surface area contributed by atoms with E-state index in [-0.39, 0.29) is 18.4 Å². The number of carbonyl (C=O) groups is 2. The first kappa shape index (κ1) is 25.6. The second-order valence-electron chi connectivity index (χ2n) is 8.83. The van der Waals surface area contributed by atoms with E-state index in [0.29, 0.717) is 48.8 Å². The van der Waals surface area contributed by atoms with Crippen LogP contribution in [-0.2, 0) is 14.3 Å². The Kier molecular flexibility index (Phi) is 8.20. The van der Waals surface area contributed by atoms with Gasteiger partial charge in [0, 0.05) is 23.6 Å². The van der Waals surface area contributed by atoms with Crippen LogP contribution in [-0.4, -0.2) is 67.5 Å². The lowest BCUT2D eigenvalue weighted by Crippen LogP contribution is -2.49. The molecule has 2 heterocycles. The number of esters is 1. The molecule has 1 amide bonds. The van der Waals surface area contributed by atoms with Crippen molar-refractivity contribution in [2.24, 2.45) is 5.10 Å². The molecule has 9 heteroatoms. The Morgan fingerprint density at radius 2 is 1.92 bits per heavy atom. The SMILES string of the molecule is CCOC(=O)[C@@H]1CCCCN1CC(=O)N1N=C(c2ccccc2F)C[C@H]1c1ccc(OC)cc1OC. The quantitative estimate of drug-likeness (QED) is 0.514. The van der Waals surface area contributed by atoms with Crippen LogP contribution < -0.4 is 9.47 Å². The molecule has 8 nitrogen and oxygen atoms in total. The predicted molar refractivity (Wildman–Crippen MR) is 133 cm³/mol. The van der Waals surface area contributed by atoms with Gasteiger partial charge in [0.2, 0.25) is 0 Å². The van der Waals surface area contributed by atoms with Gasteiger partial charge in [-0.2, -0.15) is 5.10 Å². The number of hydrazone groups is 1. The molecule has 0 bridgehead atoms. The van der Waals surface area contributed by atoms with Crippen LogP contribution in [0.2, 0.25) is 0 Å². The average Bonchev–Trinajstić information content (AvgIpc) is 3.34. The largest absolute Gasteiger partial charge is 0.497 e. The molecule has 0 aliphatic carbocycles. The van der Waals surface area contributed by atoms with E-state index in [1.807, 2.05) is 11.0 Å². The fourth-order valence-corrected chi connectivity index (χ4v) is 4.87. The number of methoxy groups -OCH3 is 2. The molecule has 0 unspecified atom stereocenters. The minimum absolute atomic E-state index is 0.00645. The van der Waals surface area contributed by atoms with Gasteiger partial charge in [0.1, 0.15) is 23.4 Å². The molecule has 36 heavy (non-hydrogen) atoms. The van der Waals surface area contributed by atoms with Crippen molar-refractivity contribution in [1.82, 2.24) is 9.91 Å². The highest BCUT2D eigenvalue weighted by Crippen LogP contribution is 2.39. The molecule has 2 atom stereocenters. The van der Waals surface area contributed by atoms with Gasteiger partial charge in [-0.1, -0.05) is 24.6 Å². The van der Waals surface area contributed by atoms with Crippen LogP contribution in [0, 0.1) is 5.82 Å². The van der Waals surface area contributed by atoms with Gasteiger partial charge in [0.25, 0.3) is 5.91 Å². The Balaban J connectivity index is 1.66. The number of nitrogens with zero attached hydrogens (tertiary/aromatic N) is 3. The lowest BCUT2D eigenvalue weighted by Gasteiger charge is -2.34. The highest BCUT2D eigenvalue weighted by Gasteiger charge is 2.38. The Morgan fingerprint density at radius 1 is 1.11 bits per heavy atom. The summed E-state index contributed by atoms with van der Waals surface area (Å²) in [7, 11) is 3.12. The van der Waals surface area contributed by atoms with Gasteiger partial charge in [0.15, 0.2) is 0 Å². The molecule has 1 fully saturated rings. The van der Waals surface area contributed by atoms with E-state index in [1.54, 1.807) is 51.5 Å². The van der Waals surface area contributed by atoms with Gasteiger partial charge in [-0.25, -0.2) is 9.40 Å². The molecule has 0 N–H and O–H groups in total. The summed E-state index contributed by atoms with van der Waals surface area (Å²) in [4.78, 5) is 28.1. The van der Waals surface area contributed by atoms with Crippen LogP contribution in [0.25, 0.3) is 0 Å². The van der Waals surface area contributed by atoms with E-state index in [2.05, 4.69) is 5.10 Å². The lowest BCUT2D eigenvalue weighted by atomic mass is 9.97. The summed E-state index contributed by atoms with van der Waals surface area (Å²) in [6, 6.07) is 10.8. The van der Waals surface area contributed by atoms with Gasteiger partial charge in [0.05, 0.1) is 39.1 Å². The number of ether oxygens (including phenoxy) is 3. The van der Waals surface area contributed by atoms with Crippen molar-refractivity contribution >= 4 is 17.6 Å². The van der Waals surface area contributed by atoms with E-state index in [9.17, 15) is 14.0 Å². The fourth-order valence-electron chi connectivity index (χ4n) is 4.87. The summed E-state index contributed by atoms with van der Waals surface area (Å²) < 4.78 is 30.8. The molecule has 4 rings (SSSR count). The van der Waals surface area contributed by atoms with Crippen LogP contribution in [0.4, 0.5) is 4.39 Å². The van der Waals surface area contributed by atoms with Crippen LogP contribution in [0.1, 0.15) is 49.8 Å². The summed E-state index contributed by atoms with van der Waals surface area (Å²) in [6.07, 6.45) is 2.75. The molecule has 0 spiro atoms. The van der Waals surface area contributed by atoms with Gasteiger partial charge < -0.3 is 14.2 Å². The van der Waals surface area contributed by atoms with E-state index in [4.69, 9.17) is 14.2 Å². The number of rotatable bonds is 8. The first-order valence-corrected chi connectivity index (χ1v) is 12.2. The van der Waals surface area contributed by atoms with Gasteiger partial charge >= 0.3 is 5.97 Å².